The third-order valence-corrected chi connectivity index (χ3v) is 4.70. The van der Waals surface area contributed by atoms with Crippen LogP contribution in [0.1, 0.15) is 13.3 Å². The lowest BCUT2D eigenvalue weighted by Crippen LogP contribution is -2.64. The molecular formula is C14H28N2O7. The topological polar surface area (TPSA) is 158 Å². The second-order valence-corrected chi connectivity index (χ2v) is 6.53. The van der Waals surface area contributed by atoms with E-state index in [0.29, 0.717) is 6.42 Å². The quantitative estimate of drug-likeness (QED) is 0.276. The van der Waals surface area contributed by atoms with Gasteiger partial charge >= 0.3 is 0 Å². The summed E-state index contributed by atoms with van der Waals surface area (Å²) < 4.78 is 11.1. The summed E-state index contributed by atoms with van der Waals surface area (Å²) in [6.07, 6.45) is -8.99. The van der Waals surface area contributed by atoms with E-state index >= 15 is 0 Å². The molecule has 9 heteroatoms. The van der Waals surface area contributed by atoms with Gasteiger partial charge in [-0.2, -0.15) is 0 Å². The van der Waals surface area contributed by atoms with E-state index in [1.54, 1.807) is 14.0 Å². The Balaban J connectivity index is 2.08. The predicted octanol–water partition coefficient (Wildman–Crippen LogP) is -3.51. The molecule has 0 amide bonds. The lowest BCUT2D eigenvalue weighted by molar-refractivity contribution is -0.319. The van der Waals surface area contributed by atoms with Gasteiger partial charge < -0.3 is 46.1 Å². The lowest BCUT2D eigenvalue weighted by Gasteiger charge is -2.45. The Labute approximate surface area is 135 Å². The average Bonchev–Trinajstić information content (AvgIpc) is 2.51. The Hall–Kier alpha value is -0.360. The summed E-state index contributed by atoms with van der Waals surface area (Å²) in [6.45, 7) is 2.02. The second kappa shape index (κ2) is 7.68. The summed E-state index contributed by atoms with van der Waals surface area (Å²) in [5, 5.41) is 52.8. The van der Waals surface area contributed by atoms with Crippen molar-refractivity contribution in [1.29, 1.82) is 0 Å². The summed E-state index contributed by atoms with van der Waals surface area (Å²) in [7, 11) is 1.65. The van der Waals surface area contributed by atoms with Crippen LogP contribution in [0.15, 0.2) is 0 Å². The van der Waals surface area contributed by atoms with E-state index in [1.165, 1.54) is 0 Å². The minimum atomic E-state index is -1.49. The highest BCUT2D eigenvalue weighted by Gasteiger charge is 2.48. The summed E-state index contributed by atoms with van der Waals surface area (Å²) in [5.74, 6) is -0.179. The first kappa shape index (κ1) is 19.0. The highest BCUT2D eigenvalue weighted by atomic mass is 16.7. The van der Waals surface area contributed by atoms with Gasteiger partial charge in [0, 0.05) is 12.6 Å². The summed E-state index contributed by atoms with van der Waals surface area (Å²) in [5.41, 5.74) is 5.98. The molecule has 0 spiro atoms. The Morgan fingerprint density at radius 3 is 2.30 bits per heavy atom. The van der Waals surface area contributed by atoms with Crippen molar-refractivity contribution in [2.75, 3.05) is 13.6 Å². The van der Waals surface area contributed by atoms with E-state index < -0.39 is 55.1 Å². The van der Waals surface area contributed by atoms with Crippen LogP contribution >= 0.6 is 0 Å². The summed E-state index contributed by atoms with van der Waals surface area (Å²) in [4.78, 5) is 0. The zero-order valence-electron chi connectivity index (χ0n) is 13.3. The smallest absolute Gasteiger partial charge is 0.187 e. The fourth-order valence-corrected chi connectivity index (χ4v) is 3.22. The maximum atomic E-state index is 10.2. The molecule has 10 atom stereocenters. The van der Waals surface area contributed by atoms with Gasteiger partial charge in [-0.3, -0.25) is 0 Å². The molecule has 0 aromatic carbocycles. The van der Waals surface area contributed by atoms with Crippen LogP contribution in [-0.4, -0.2) is 94.2 Å². The first-order valence-corrected chi connectivity index (χ1v) is 7.89. The van der Waals surface area contributed by atoms with Gasteiger partial charge in [0.15, 0.2) is 6.29 Å². The van der Waals surface area contributed by atoms with Crippen LogP contribution in [0, 0.1) is 5.92 Å². The number of ether oxygens (including phenoxy) is 2. The molecule has 1 saturated carbocycles. The molecule has 2 fully saturated rings. The monoisotopic (exact) mass is 336 g/mol. The molecule has 1 aliphatic carbocycles. The molecular weight excluding hydrogens is 308 g/mol. The Morgan fingerprint density at radius 1 is 1.04 bits per heavy atom. The van der Waals surface area contributed by atoms with E-state index in [1.807, 2.05) is 0 Å². The number of likely N-dealkylation sites (N-methyl/N-ethyl adjacent to an activating group) is 1. The van der Waals surface area contributed by atoms with Crippen molar-refractivity contribution < 1.29 is 35.0 Å². The molecule has 1 heterocycles. The minimum Gasteiger partial charge on any atom is -0.390 e. The fourth-order valence-electron chi connectivity index (χ4n) is 3.22. The van der Waals surface area contributed by atoms with Crippen LogP contribution in [0.2, 0.25) is 0 Å². The van der Waals surface area contributed by atoms with Crippen molar-refractivity contribution in [1.82, 2.24) is 5.32 Å². The number of hydrogen-bond acceptors (Lipinski definition) is 9. The van der Waals surface area contributed by atoms with Crippen LogP contribution in [0.3, 0.4) is 0 Å². The predicted molar refractivity (Wildman–Crippen MR) is 79.3 cm³/mol. The number of aliphatic hydroxyl groups is 5. The van der Waals surface area contributed by atoms with E-state index in [9.17, 15) is 25.5 Å². The third-order valence-electron chi connectivity index (χ3n) is 4.70. The zero-order chi connectivity index (χ0) is 17.3. The summed E-state index contributed by atoms with van der Waals surface area (Å²) in [6, 6.07) is -0.550. The minimum absolute atomic E-state index is 0.179. The molecule has 9 nitrogen and oxygen atoms in total. The van der Waals surface area contributed by atoms with Crippen molar-refractivity contribution in [2.45, 2.75) is 68.4 Å². The highest BCUT2D eigenvalue weighted by Crippen LogP contribution is 2.30. The molecule has 0 aromatic rings. The van der Waals surface area contributed by atoms with Crippen LogP contribution < -0.4 is 11.1 Å². The van der Waals surface area contributed by atoms with E-state index in [0.717, 1.165) is 0 Å². The Kier molecular flexibility index (Phi) is 6.34. The van der Waals surface area contributed by atoms with Crippen molar-refractivity contribution in [2.24, 2.45) is 11.7 Å². The second-order valence-electron chi connectivity index (χ2n) is 6.53. The normalized spacial score (nSPS) is 51.7. The fraction of sp³-hybridized carbons (Fsp3) is 1.00. The van der Waals surface area contributed by atoms with Gasteiger partial charge in [0.05, 0.1) is 6.10 Å². The number of hydrogen-bond donors (Lipinski definition) is 7. The third kappa shape index (κ3) is 3.84. The number of nitrogens with two attached hydrogens (primary N) is 1. The maximum absolute atomic E-state index is 10.2. The van der Waals surface area contributed by atoms with Gasteiger partial charge in [0.2, 0.25) is 0 Å². The number of nitrogens with one attached hydrogen (secondary N) is 1. The summed E-state index contributed by atoms with van der Waals surface area (Å²) >= 11 is 0. The van der Waals surface area contributed by atoms with Crippen LogP contribution in [0.5, 0.6) is 0 Å². The van der Waals surface area contributed by atoms with E-state index in [4.69, 9.17) is 15.2 Å². The molecule has 23 heavy (non-hydrogen) atoms. The van der Waals surface area contributed by atoms with Crippen LogP contribution in [0.4, 0.5) is 0 Å². The van der Waals surface area contributed by atoms with Crippen molar-refractivity contribution in [3.63, 3.8) is 0 Å². The maximum Gasteiger partial charge on any atom is 0.187 e. The van der Waals surface area contributed by atoms with Crippen LogP contribution in [-0.2, 0) is 9.47 Å². The number of aliphatic hydroxyl groups excluding tert-OH is 5. The Morgan fingerprint density at radius 2 is 1.70 bits per heavy atom. The molecule has 136 valence electrons. The van der Waals surface area contributed by atoms with Gasteiger partial charge in [0.25, 0.3) is 0 Å². The molecule has 0 radical (unpaired) electrons. The Bertz CT molecular complexity index is 388. The lowest BCUT2D eigenvalue weighted by atomic mass is 9.81. The standard InChI is InChI=1S/C14H28N2O7/c1-5-3-6(15)13(11(20)8(5)17)23-14-12(21)10(19)9(18)7(22-14)4-16-2/h5-14,16-21H,3-4,15H2,1-2H3/t5-,6?,7?,8?,9-,10?,11?,12?,13-,14-/m1/s1. The number of rotatable bonds is 4. The molecule has 1 aliphatic heterocycles. The zero-order valence-corrected chi connectivity index (χ0v) is 13.3. The van der Waals surface area contributed by atoms with Crippen LogP contribution in [0.25, 0.3) is 0 Å². The first-order valence-electron chi connectivity index (χ1n) is 7.89. The molecule has 2 aliphatic rings. The SMILES string of the molecule is CNCC1O[C@H](O[C@@H]2C(N)C[C@@H](C)C(O)C2O)C(O)C(O)[C@@H]1O. The van der Waals surface area contributed by atoms with Gasteiger partial charge in [0.1, 0.15) is 36.6 Å². The van der Waals surface area contributed by atoms with Gasteiger partial charge in [-0.1, -0.05) is 6.92 Å². The molecule has 0 aromatic heterocycles. The van der Waals surface area contributed by atoms with Crippen molar-refractivity contribution in [3.8, 4) is 0 Å². The molecule has 8 N–H and O–H groups in total. The van der Waals surface area contributed by atoms with Gasteiger partial charge in [-0.25, -0.2) is 0 Å². The van der Waals surface area contributed by atoms with E-state index in [2.05, 4.69) is 5.32 Å². The molecule has 6 unspecified atom stereocenters. The largest absolute Gasteiger partial charge is 0.390 e. The van der Waals surface area contributed by atoms with Crippen molar-refractivity contribution in [3.05, 3.63) is 0 Å². The average molecular weight is 336 g/mol. The molecule has 2 rings (SSSR count). The van der Waals surface area contributed by atoms with Gasteiger partial charge in [-0.15, -0.1) is 0 Å². The molecule has 1 saturated heterocycles. The van der Waals surface area contributed by atoms with E-state index in [-0.39, 0.29) is 12.5 Å². The highest BCUT2D eigenvalue weighted by molar-refractivity contribution is 4.96. The van der Waals surface area contributed by atoms with Gasteiger partial charge in [-0.05, 0) is 19.4 Å². The molecule has 0 bridgehead atoms. The van der Waals surface area contributed by atoms with Crippen molar-refractivity contribution >= 4 is 0 Å². The first-order chi connectivity index (χ1) is 10.8.